The zero-order valence-electron chi connectivity index (χ0n) is 15.3. The maximum atomic E-state index is 12.5. The number of hydrogen-bond donors (Lipinski definition) is 1. The maximum Gasteiger partial charge on any atom is 0.253 e. The van der Waals surface area contributed by atoms with E-state index in [-0.39, 0.29) is 18.1 Å². The van der Waals surface area contributed by atoms with E-state index in [2.05, 4.69) is 15.3 Å². The van der Waals surface area contributed by atoms with Crippen molar-refractivity contribution in [3.05, 3.63) is 47.9 Å². The predicted octanol–water partition coefficient (Wildman–Crippen LogP) is 1.82. The van der Waals surface area contributed by atoms with Crippen molar-refractivity contribution in [2.24, 2.45) is 0 Å². The summed E-state index contributed by atoms with van der Waals surface area (Å²) in [6, 6.07) is 7.14. The molecule has 0 radical (unpaired) electrons. The molecular formula is C19H24N4O3. The van der Waals surface area contributed by atoms with Gasteiger partial charge in [-0.3, -0.25) is 9.78 Å². The monoisotopic (exact) mass is 356 g/mol. The molecule has 0 bridgehead atoms. The van der Waals surface area contributed by atoms with Crippen LogP contribution in [-0.2, 0) is 4.74 Å². The predicted molar refractivity (Wildman–Crippen MR) is 98.6 cm³/mol. The number of carbonyl (C=O) groups excluding carboxylic acids is 1. The molecule has 3 rings (SSSR count). The van der Waals surface area contributed by atoms with Crippen LogP contribution in [0.2, 0.25) is 0 Å². The highest BCUT2D eigenvalue weighted by Crippen LogP contribution is 2.18. The third-order valence-electron chi connectivity index (χ3n) is 4.25. The summed E-state index contributed by atoms with van der Waals surface area (Å²) in [5, 5.41) is 3.00. The second-order valence-corrected chi connectivity index (χ2v) is 6.53. The highest BCUT2D eigenvalue weighted by molar-refractivity contribution is 5.94. The zero-order valence-corrected chi connectivity index (χ0v) is 15.3. The van der Waals surface area contributed by atoms with Gasteiger partial charge in [-0.05, 0) is 31.2 Å². The fourth-order valence-electron chi connectivity index (χ4n) is 2.73. The van der Waals surface area contributed by atoms with Crippen molar-refractivity contribution in [3.8, 4) is 5.75 Å². The topological polar surface area (TPSA) is 76.6 Å². The van der Waals surface area contributed by atoms with Gasteiger partial charge in [-0.25, -0.2) is 4.98 Å². The summed E-state index contributed by atoms with van der Waals surface area (Å²) < 4.78 is 11.6. The summed E-state index contributed by atoms with van der Waals surface area (Å²) in [6.07, 6.45) is 3.82. The number of nitrogens with zero attached hydrogens (tertiary/aromatic N) is 3. The number of pyridine rings is 2. The number of aromatic nitrogens is 2. The van der Waals surface area contributed by atoms with Crippen LogP contribution < -0.4 is 15.0 Å². The Balaban J connectivity index is 1.65. The highest BCUT2D eigenvalue weighted by Gasteiger charge is 2.29. The molecule has 0 aromatic carbocycles. The van der Waals surface area contributed by atoms with Crippen LogP contribution in [0.3, 0.4) is 0 Å². The molecule has 7 heteroatoms. The van der Waals surface area contributed by atoms with Crippen LogP contribution in [0.15, 0.2) is 36.7 Å². The number of ether oxygens (including phenoxy) is 2. The summed E-state index contributed by atoms with van der Waals surface area (Å²) in [5.41, 5.74) is 1.44. The third-order valence-corrected chi connectivity index (χ3v) is 4.25. The van der Waals surface area contributed by atoms with Crippen molar-refractivity contribution in [1.29, 1.82) is 0 Å². The van der Waals surface area contributed by atoms with E-state index in [1.165, 1.54) is 0 Å². The molecule has 0 saturated carbocycles. The van der Waals surface area contributed by atoms with Gasteiger partial charge >= 0.3 is 0 Å². The summed E-state index contributed by atoms with van der Waals surface area (Å²) in [5.74, 6) is 1.31. The molecule has 26 heavy (non-hydrogen) atoms. The molecule has 3 heterocycles. The summed E-state index contributed by atoms with van der Waals surface area (Å²) in [4.78, 5) is 23.0. The van der Waals surface area contributed by atoms with Crippen molar-refractivity contribution in [3.63, 3.8) is 0 Å². The van der Waals surface area contributed by atoms with Gasteiger partial charge in [0.2, 0.25) is 0 Å². The van der Waals surface area contributed by atoms with Crippen LogP contribution in [-0.4, -0.2) is 55.3 Å². The molecule has 7 nitrogen and oxygen atoms in total. The van der Waals surface area contributed by atoms with Crippen molar-refractivity contribution in [2.75, 3.05) is 32.2 Å². The molecule has 138 valence electrons. The standard InChI is InChI=1S/C19H24N4O3/c1-13-4-6-15(11-20-13)26-17-8-9-25-12-16(17)22-19(24)14-5-7-18(21-10-14)23(2)3/h4-7,10-11,16-17H,8-9,12H2,1-3H3,(H,22,24)/t16-,17+/m0/s1. The van der Waals surface area contributed by atoms with E-state index >= 15 is 0 Å². The average molecular weight is 356 g/mol. The molecule has 1 aliphatic heterocycles. The van der Waals surface area contributed by atoms with Gasteiger partial charge in [-0.1, -0.05) is 0 Å². The lowest BCUT2D eigenvalue weighted by Gasteiger charge is -2.32. The van der Waals surface area contributed by atoms with Crippen LogP contribution in [0.5, 0.6) is 5.75 Å². The molecule has 0 spiro atoms. The molecule has 1 N–H and O–H groups in total. The molecule has 2 aromatic rings. The number of carbonyl (C=O) groups is 1. The highest BCUT2D eigenvalue weighted by atomic mass is 16.5. The van der Waals surface area contributed by atoms with Crippen molar-refractivity contribution >= 4 is 11.7 Å². The third kappa shape index (κ3) is 4.49. The van der Waals surface area contributed by atoms with Gasteiger partial charge in [0.15, 0.2) is 0 Å². The van der Waals surface area contributed by atoms with Gasteiger partial charge in [0.25, 0.3) is 5.91 Å². The van der Waals surface area contributed by atoms with Crippen LogP contribution in [0, 0.1) is 6.92 Å². The number of anilines is 1. The first-order valence-electron chi connectivity index (χ1n) is 8.64. The Labute approximate surface area is 153 Å². The van der Waals surface area contributed by atoms with Crippen LogP contribution in [0.25, 0.3) is 0 Å². The van der Waals surface area contributed by atoms with Crippen LogP contribution >= 0.6 is 0 Å². The molecule has 0 unspecified atom stereocenters. The summed E-state index contributed by atoms with van der Waals surface area (Å²) >= 11 is 0. The Hall–Kier alpha value is -2.67. The van der Waals surface area contributed by atoms with E-state index in [0.29, 0.717) is 30.9 Å². The van der Waals surface area contributed by atoms with Gasteiger partial charge in [-0.2, -0.15) is 0 Å². The zero-order chi connectivity index (χ0) is 18.5. The quantitative estimate of drug-likeness (QED) is 0.881. The Kier molecular flexibility index (Phi) is 5.68. The molecule has 0 aliphatic carbocycles. The van der Waals surface area contributed by atoms with Gasteiger partial charge in [0.05, 0.1) is 31.0 Å². The Morgan fingerprint density at radius 2 is 2.08 bits per heavy atom. The van der Waals surface area contributed by atoms with E-state index in [1.54, 1.807) is 18.5 Å². The van der Waals surface area contributed by atoms with Gasteiger partial charge < -0.3 is 19.7 Å². The van der Waals surface area contributed by atoms with Crippen molar-refractivity contribution in [1.82, 2.24) is 15.3 Å². The van der Waals surface area contributed by atoms with E-state index < -0.39 is 0 Å². The van der Waals surface area contributed by atoms with E-state index in [1.807, 2.05) is 44.1 Å². The molecule has 1 fully saturated rings. The summed E-state index contributed by atoms with van der Waals surface area (Å²) in [7, 11) is 3.81. The Bertz CT molecular complexity index is 731. The Morgan fingerprint density at radius 1 is 1.23 bits per heavy atom. The number of rotatable bonds is 5. The average Bonchev–Trinajstić information content (AvgIpc) is 2.65. The lowest BCUT2D eigenvalue weighted by atomic mass is 10.1. The van der Waals surface area contributed by atoms with Crippen LogP contribution in [0.4, 0.5) is 5.82 Å². The van der Waals surface area contributed by atoms with Gasteiger partial charge in [0.1, 0.15) is 17.7 Å². The fourth-order valence-corrected chi connectivity index (χ4v) is 2.73. The van der Waals surface area contributed by atoms with E-state index in [4.69, 9.17) is 9.47 Å². The largest absolute Gasteiger partial charge is 0.486 e. The first-order valence-corrected chi connectivity index (χ1v) is 8.64. The lowest BCUT2D eigenvalue weighted by molar-refractivity contribution is -0.00301. The maximum absolute atomic E-state index is 12.5. The van der Waals surface area contributed by atoms with Gasteiger partial charge in [-0.15, -0.1) is 0 Å². The molecule has 1 amide bonds. The SMILES string of the molecule is Cc1ccc(O[C@@H]2CCOC[C@@H]2NC(=O)c2ccc(N(C)C)nc2)cn1. The molecule has 2 atom stereocenters. The second-order valence-electron chi connectivity index (χ2n) is 6.53. The molecular weight excluding hydrogens is 332 g/mol. The first kappa shape index (κ1) is 18.1. The molecule has 1 aliphatic rings. The van der Waals surface area contributed by atoms with Crippen LogP contribution in [0.1, 0.15) is 22.5 Å². The second kappa shape index (κ2) is 8.14. The number of amides is 1. The minimum absolute atomic E-state index is 0.161. The number of hydrogen-bond acceptors (Lipinski definition) is 6. The van der Waals surface area contributed by atoms with Crippen molar-refractivity contribution in [2.45, 2.75) is 25.5 Å². The number of aryl methyl sites for hydroxylation is 1. The Morgan fingerprint density at radius 3 is 2.73 bits per heavy atom. The normalized spacial score (nSPS) is 19.7. The summed E-state index contributed by atoms with van der Waals surface area (Å²) in [6.45, 7) is 2.95. The lowest BCUT2D eigenvalue weighted by Crippen LogP contribution is -2.51. The van der Waals surface area contributed by atoms with Gasteiger partial charge in [0, 0.05) is 32.4 Å². The fraction of sp³-hybridized carbons (Fsp3) is 0.421. The smallest absolute Gasteiger partial charge is 0.253 e. The van der Waals surface area contributed by atoms with E-state index in [0.717, 1.165) is 11.5 Å². The molecule has 1 saturated heterocycles. The van der Waals surface area contributed by atoms with Crippen molar-refractivity contribution < 1.29 is 14.3 Å². The molecule has 2 aromatic heterocycles. The van der Waals surface area contributed by atoms with E-state index in [9.17, 15) is 4.79 Å². The minimum Gasteiger partial charge on any atom is -0.486 e. The first-order chi connectivity index (χ1) is 12.5. The minimum atomic E-state index is -0.230. The number of nitrogens with one attached hydrogen (secondary N) is 1.